The highest BCUT2D eigenvalue weighted by atomic mass is 35.5. The maximum Gasteiger partial charge on any atom is 0.238 e. The highest BCUT2D eigenvalue weighted by molar-refractivity contribution is 6.27. The van der Waals surface area contributed by atoms with Crippen molar-refractivity contribution in [1.82, 2.24) is 14.7 Å². The SMILES string of the molecule is Cc1c2c(nn1C)CC(N(Cc1c(F)ccc(F)c1F)C(=O)CCl)CC2. The summed E-state index contributed by atoms with van der Waals surface area (Å²) in [6.07, 6.45) is 1.80. The topological polar surface area (TPSA) is 38.1 Å². The lowest BCUT2D eigenvalue weighted by Gasteiger charge is -2.34. The van der Waals surface area contributed by atoms with Crippen LogP contribution in [0.2, 0.25) is 0 Å². The van der Waals surface area contributed by atoms with Crippen LogP contribution in [-0.2, 0) is 31.2 Å². The molecule has 1 heterocycles. The molecule has 4 nitrogen and oxygen atoms in total. The van der Waals surface area contributed by atoms with E-state index in [4.69, 9.17) is 11.6 Å². The molecule has 8 heteroatoms. The summed E-state index contributed by atoms with van der Waals surface area (Å²) in [6, 6.07) is 1.29. The van der Waals surface area contributed by atoms with Gasteiger partial charge in [-0.2, -0.15) is 5.10 Å². The van der Waals surface area contributed by atoms with E-state index in [9.17, 15) is 18.0 Å². The lowest BCUT2D eigenvalue weighted by Crippen LogP contribution is -2.44. The molecule has 0 bridgehead atoms. The average Bonchev–Trinajstić information content (AvgIpc) is 2.91. The van der Waals surface area contributed by atoms with Crippen molar-refractivity contribution in [2.24, 2.45) is 7.05 Å². The molecule has 1 unspecified atom stereocenters. The highest BCUT2D eigenvalue weighted by Gasteiger charge is 2.31. The minimum Gasteiger partial charge on any atom is -0.334 e. The number of aryl methyl sites for hydroxylation is 1. The first-order valence-corrected chi connectivity index (χ1v) is 8.86. The average molecular weight is 386 g/mol. The monoisotopic (exact) mass is 385 g/mol. The fourth-order valence-corrected chi connectivity index (χ4v) is 3.65. The van der Waals surface area contributed by atoms with Gasteiger partial charge in [0.25, 0.3) is 0 Å². The Morgan fingerprint density at radius 2 is 2.04 bits per heavy atom. The second-order valence-electron chi connectivity index (χ2n) is 6.51. The number of hydrogen-bond acceptors (Lipinski definition) is 2. The van der Waals surface area contributed by atoms with Gasteiger partial charge < -0.3 is 4.90 Å². The maximum absolute atomic E-state index is 14.1. The molecule has 2 aromatic rings. The van der Waals surface area contributed by atoms with Gasteiger partial charge in [-0.25, -0.2) is 13.2 Å². The molecule has 1 aliphatic rings. The molecule has 1 aromatic heterocycles. The van der Waals surface area contributed by atoms with Crippen LogP contribution in [0, 0.1) is 24.4 Å². The molecular formula is C18H19ClF3N3O. The first-order valence-electron chi connectivity index (χ1n) is 8.32. The molecule has 0 N–H and O–H groups in total. The maximum atomic E-state index is 14.1. The summed E-state index contributed by atoms with van der Waals surface area (Å²) < 4.78 is 43.4. The van der Waals surface area contributed by atoms with E-state index in [1.165, 1.54) is 4.90 Å². The third-order valence-corrected chi connectivity index (χ3v) is 5.27. The molecule has 1 amide bonds. The quantitative estimate of drug-likeness (QED) is 0.598. The number of halogens is 4. The zero-order chi connectivity index (χ0) is 19.0. The van der Waals surface area contributed by atoms with Gasteiger partial charge in [0.05, 0.1) is 12.2 Å². The van der Waals surface area contributed by atoms with Crippen LogP contribution in [0.5, 0.6) is 0 Å². The van der Waals surface area contributed by atoms with Crippen molar-refractivity contribution in [2.45, 2.75) is 38.8 Å². The van der Waals surface area contributed by atoms with Crippen LogP contribution < -0.4 is 0 Å². The molecule has 0 fully saturated rings. The largest absolute Gasteiger partial charge is 0.334 e. The van der Waals surface area contributed by atoms with E-state index in [0.717, 1.165) is 29.1 Å². The van der Waals surface area contributed by atoms with E-state index in [-0.39, 0.29) is 18.5 Å². The standard InChI is InChI=1S/C18H19ClF3N3O/c1-10-12-4-3-11(7-16(12)23-24(10)2)25(17(26)8-19)9-13-14(20)5-6-15(21)18(13)22/h5-6,11H,3-4,7-9H2,1-2H3. The van der Waals surface area contributed by atoms with Gasteiger partial charge in [-0.3, -0.25) is 9.48 Å². The number of fused-ring (bicyclic) bond motifs is 1. The van der Waals surface area contributed by atoms with Crippen LogP contribution in [0.15, 0.2) is 12.1 Å². The van der Waals surface area contributed by atoms with Crippen molar-refractivity contribution in [1.29, 1.82) is 0 Å². The normalized spacial score (nSPS) is 16.5. The van der Waals surface area contributed by atoms with Crippen molar-refractivity contribution in [3.63, 3.8) is 0 Å². The molecule has 1 aliphatic carbocycles. The zero-order valence-corrected chi connectivity index (χ0v) is 15.3. The van der Waals surface area contributed by atoms with Gasteiger partial charge >= 0.3 is 0 Å². The second-order valence-corrected chi connectivity index (χ2v) is 6.78. The van der Waals surface area contributed by atoms with E-state index in [1.54, 1.807) is 4.68 Å². The lowest BCUT2D eigenvalue weighted by molar-refractivity contribution is -0.131. The van der Waals surface area contributed by atoms with Gasteiger partial charge in [0.1, 0.15) is 11.7 Å². The minimum absolute atomic E-state index is 0.301. The number of aromatic nitrogens is 2. The summed E-state index contributed by atoms with van der Waals surface area (Å²) in [5, 5.41) is 4.46. The number of amides is 1. The lowest BCUT2D eigenvalue weighted by atomic mass is 9.90. The Hall–Kier alpha value is -2.02. The molecule has 0 saturated carbocycles. The predicted octanol–water partition coefficient (Wildman–Crippen LogP) is 3.27. The van der Waals surface area contributed by atoms with Crippen LogP contribution in [0.3, 0.4) is 0 Å². The number of carbonyl (C=O) groups excluding carboxylic acids is 1. The molecule has 1 aromatic carbocycles. The third-order valence-electron chi connectivity index (χ3n) is 5.04. The molecule has 26 heavy (non-hydrogen) atoms. The summed E-state index contributed by atoms with van der Waals surface area (Å²) in [6.45, 7) is 1.61. The Morgan fingerprint density at radius 3 is 2.73 bits per heavy atom. The minimum atomic E-state index is -1.28. The Kier molecular flexibility index (Phi) is 5.27. The van der Waals surface area contributed by atoms with Crippen molar-refractivity contribution in [3.8, 4) is 0 Å². The first kappa shape index (κ1) is 18.8. The van der Waals surface area contributed by atoms with E-state index in [2.05, 4.69) is 5.10 Å². The van der Waals surface area contributed by atoms with E-state index in [1.807, 2.05) is 14.0 Å². The smallest absolute Gasteiger partial charge is 0.238 e. The Bertz CT molecular complexity index is 853. The first-order chi connectivity index (χ1) is 12.3. The molecule has 3 rings (SSSR count). The third kappa shape index (κ3) is 3.32. The molecular weight excluding hydrogens is 367 g/mol. The van der Waals surface area contributed by atoms with Gasteiger partial charge in [-0.15, -0.1) is 11.6 Å². The summed E-state index contributed by atoms with van der Waals surface area (Å²) in [4.78, 5) is 13.7. The molecule has 140 valence electrons. The van der Waals surface area contributed by atoms with Gasteiger partial charge in [0.15, 0.2) is 11.6 Å². The fraction of sp³-hybridized carbons (Fsp3) is 0.444. The van der Waals surface area contributed by atoms with Crippen molar-refractivity contribution < 1.29 is 18.0 Å². The van der Waals surface area contributed by atoms with E-state index >= 15 is 0 Å². The van der Waals surface area contributed by atoms with Gasteiger partial charge in [0, 0.05) is 30.8 Å². The Balaban J connectivity index is 1.91. The molecule has 0 saturated heterocycles. The van der Waals surface area contributed by atoms with E-state index < -0.39 is 28.9 Å². The number of rotatable bonds is 4. The number of nitrogens with zero attached hydrogens (tertiary/aromatic N) is 3. The number of benzene rings is 1. The van der Waals surface area contributed by atoms with Gasteiger partial charge in [0.2, 0.25) is 5.91 Å². The van der Waals surface area contributed by atoms with Crippen LogP contribution >= 0.6 is 11.6 Å². The number of carbonyl (C=O) groups is 1. The molecule has 0 aliphatic heterocycles. The number of hydrogen-bond donors (Lipinski definition) is 0. The van der Waals surface area contributed by atoms with Crippen LogP contribution in [-0.4, -0.2) is 32.5 Å². The second kappa shape index (κ2) is 7.31. The fourth-order valence-electron chi connectivity index (χ4n) is 3.49. The van der Waals surface area contributed by atoms with Crippen molar-refractivity contribution in [2.75, 3.05) is 5.88 Å². The molecule has 0 radical (unpaired) electrons. The van der Waals surface area contributed by atoms with Gasteiger partial charge in [-0.1, -0.05) is 0 Å². The van der Waals surface area contributed by atoms with Crippen molar-refractivity contribution in [3.05, 3.63) is 52.1 Å². The van der Waals surface area contributed by atoms with E-state index in [0.29, 0.717) is 19.3 Å². The Morgan fingerprint density at radius 1 is 1.35 bits per heavy atom. The van der Waals surface area contributed by atoms with Crippen LogP contribution in [0.4, 0.5) is 13.2 Å². The van der Waals surface area contributed by atoms with Crippen LogP contribution in [0.1, 0.15) is 28.9 Å². The highest BCUT2D eigenvalue weighted by Crippen LogP contribution is 2.28. The van der Waals surface area contributed by atoms with Crippen LogP contribution in [0.25, 0.3) is 0 Å². The summed E-state index contributed by atoms with van der Waals surface area (Å²) in [7, 11) is 1.85. The summed E-state index contributed by atoms with van der Waals surface area (Å²) in [5.74, 6) is -4.07. The molecule has 1 atom stereocenters. The summed E-state index contributed by atoms with van der Waals surface area (Å²) >= 11 is 5.70. The predicted molar refractivity (Wildman–Crippen MR) is 91.3 cm³/mol. The molecule has 0 spiro atoms. The number of alkyl halides is 1. The zero-order valence-electron chi connectivity index (χ0n) is 14.5. The van der Waals surface area contributed by atoms with Crippen molar-refractivity contribution >= 4 is 17.5 Å². The van der Waals surface area contributed by atoms with Gasteiger partial charge in [-0.05, 0) is 37.5 Å². The Labute approximate surface area is 154 Å². The summed E-state index contributed by atoms with van der Waals surface area (Å²) in [5.41, 5.74) is 2.61.